The lowest BCUT2D eigenvalue weighted by molar-refractivity contribution is 0.316. The number of rotatable bonds is 5. The molecule has 2 atom stereocenters. The fourth-order valence-electron chi connectivity index (χ4n) is 2.95. The minimum absolute atomic E-state index is 0.105. The van der Waals surface area contributed by atoms with Crippen molar-refractivity contribution in [2.75, 3.05) is 24.5 Å². The highest BCUT2D eigenvalue weighted by Gasteiger charge is 2.27. The Morgan fingerprint density at radius 3 is 2.70 bits per heavy atom. The molecule has 1 aliphatic heterocycles. The Balaban J connectivity index is 2.07. The summed E-state index contributed by atoms with van der Waals surface area (Å²) < 4.78 is 14.0. The van der Waals surface area contributed by atoms with E-state index in [0.717, 1.165) is 31.7 Å². The number of benzene rings is 1. The topological polar surface area (TPSA) is 15.3 Å². The molecule has 0 radical (unpaired) electrons. The molecule has 112 valence electrons. The lowest BCUT2D eigenvalue weighted by Gasteiger charge is -2.39. The maximum atomic E-state index is 14.0. The third-order valence-electron chi connectivity index (χ3n) is 4.12. The molecule has 1 aliphatic rings. The molecule has 3 heteroatoms. The summed E-state index contributed by atoms with van der Waals surface area (Å²) in [5.74, 6) is 1.19. The maximum Gasteiger partial charge on any atom is 0.146 e. The molecular weight excluding hydrogens is 251 g/mol. The summed E-state index contributed by atoms with van der Waals surface area (Å²) in [5, 5.41) is 3.64. The Morgan fingerprint density at radius 2 is 2.05 bits per heavy atom. The van der Waals surface area contributed by atoms with Crippen molar-refractivity contribution in [2.45, 2.75) is 39.7 Å². The van der Waals surface area contributed by atoms with Crippen molar-refractivity contribution < 1.29 is 4.39 Å². The minimum Gasteiger partial charge on any atom is -0.367 e. The van der Waals surface area contributed by atoms with Crippen LogP contribution in [0.5, 0.6) is 0 Å². The van der Waals surface area contributed by atoms with Gasteiger partial charge in [-0.25, -0.2) is 4.39 Å². The van der Waals surface area contributed by atoms with E-state index >= 15 is 0 Å². The fourth-order valence-corrected chi connectivity index (χ4v) is 2.95. The molecule has 20 heavy (non-hydrogen) atoms. The van der Waals surface area contributed by atoms with E-state index in [1.807, 2.05) is 12.1 Å². The first-order valence-corrected chi connectivity index (χ1v) is 7.83. The largest absolute Gasteiger partial charge is 0.367 e. The monoisotopic (exact) mass is 278 g/mol. The van der Waals surface area contributed by atoms with Gasteiger partial charge in [-0.1, -0.05) is 39.3 Å². The summed E-state index contributed by atoms with van der Waals surface area (Å²) in [6, 6.07) is 7.60. The van der Waals surface area contributed by atoms with Crippen LogP contribution in [0.1, 0.15) is 33.6 Å². The van der Waals surface area contributed by atoms with Crippen LogP contribution in [0.3, 0.4) is 0 Å². The second-order valence-electron chi connectivity index (χ2n) is 6.37. The van der Waals surface area contributed by atoms with Crippen LogP contribution >= 0.6 is 0 Å². The van der Waals surface area contributed by atoms with E-state index in [0.29, 0.717) is 17.9 Å². The zero-order valence-electron chi connectivity index (χ0n) is 12.9. The summed E-state index contributed by atoms with van der Waals surface area (Å²) >= 11 is 0. The summed E-state index contributed by atoms with van der Waals surface area (Å²) in [6.45, 7) is 9.59. The number of nitrogens with one attached hydrogen (secondary N) is 1. The van der Waals surface area contributed by atoms with Crippen molar-refractivity contribution in [1.29, 1.82) is 0 Å². The van der Waals surface area contributed by atoms with Gasteiger partial charge in [0.2, 0.25) is 0 Å². The molecule has 0 amide bonds. The van der Waals surface area contributed by atoms with Gasteiger partial charge < -0.3 is 10.2 Å². The van der Waals surface area contributed by atoms with Gasteiger partial charge in [0.05, 0.1) is 5.69 Å². The first kappa shape index (κ1) is 15.3. The molecule has 2 rings (SSSR count). The van der Waals surface area contributed by atoms with Crippen LogP contribution in [-0.2, 0) is 0 Å². The van der Waals surface area contributed by atoms with Gasteiger partial charge in [0.25, 0.3) is 0 Å². The zero-order valence-corrected chi connectivity index (χ0v) is 12.9. The van der Waals surface area contributed by atoms with Crippen LogP contribution in [0, 0.1) is 17.7 Å². The highest BCUT2D eigenvalue weighted by Crippen LogP contribution is 2.27. The Hall–Kier alpha value is -1.09. The van der Waals surface area contributed by atoms with Gasteiger partial charge in [0.1, 0.15) is 5.82 Å². The van der Waals surface area contributed by atoms with Crippen molar-refractivity contribution in [3.8, 4) is 0 Å². The van der Waals surface area contributed by atoms with Gasteiger partial charge in [0.15, 0.2) is 0 Å². The van der Waals surface area contributed by atoms with Crippen molar-refractivity contribution in [2.24, 2.45) is 11.8 Å². The molecule has 2 nitrogen and oxygen atoms in total. The van der Waals surface area contributed by atoms with Gasteiger partial charge in [-0.3, -0.25) is 0 Å². The number of para-hydroxylation sites is 1. The molecule has 0 aliphatic carbocycles. The van der Waals surface area contributed by atoms with Gasteiger partial charge in [-0.05, 0) is 36.9 Å². The van der Waals surface area contributed by atoms with Crippen molar-refractivity contribution in [3.05, 3.63) is 30.1 Å². The number of hydrogen-bond acceptors (Lipinski definition) is 2. The van der Waals surface area contributed by atoms with E-state index < -0.39 is 0 Å². The van der Waals surface area contributed by atoms with Crippen molar-refractivity contribution in [1.82, 2.24) is 5.32 Å². The van der Waals surface area contributed by atoms with Crippen LogP contribution in [0.2, 0.25) is 0 Å². The number of halogens is 1. The van der Waals surface area contributed by atoms with Crippen molar-refractivity contribution >= 4 is 5.69 Å². The van der Waals surface area contributed by atoms with Gasteiger partial charge in [0, 0.05) is 19.1 Å². The molecule has 1 heterocycles. The lowest BCUT2D eigenvalue weighted by Crippen LogP contribution is -2.50. The summed E-state index contributed by atoms with van der Waals surface area (Å²) in [7, 11) is 0. The first-order chi connectivity index (χ1) is 9.60. The SMILES string of the molecule is CCC1CC(NCC(C)C)CN(c2ccccc2F)C1. The van der Waals surface area contributed by atoms with E-state index in [1.54, 1.807) is 12.1 Å². The predicted molar refractivity (Wildman–Crippen MR) is 83.6 cm³/mol. The smallest absolute Gasteiger partial charge is 0.146 e. The Kier molecular flexibility index (Phi) is 5.41. The normalized spacial score (nSPS) is 23.4. The second kappa shape index (κ2) is 7.07. The molecule has 0 spiro atoms. The number of piperidine rings is 1. The molecule has 2 unspecified atom stereocenters. The summed E-state index contributed by atoms with van der Waals surface area (Å²) in [5.41, 5.74) is 0.752. The molecule has 0 saturated carbocycles. The number of hydrogen-bond donors (Lipinski definition) is 1. The van der Waals surface area contributed by atoms with Crippen LogP contribution in [0.15, 0.2) is 24.3 Å². The van der Waals surface area contributed by atoms with E-state index in [-0.39, 0.29) is 5.82 Å². The first-order valence-electron chi connectivity index (χ1n) is 7.83. The molecule has 1 N–H and O–H groups in total. The lowest BCUT2D eigenvalue weighted by atomic mass is 9.91. The summed E-state index contributed by atoms with van der Waals surface area (Å²) in [6.07, 6.45) is 2.36. The van der Waals surface area contributed by atoms with Gasteiger partial charge in [-0.2, -0.15) is 0 Å². The van der Waals surface area contributed by atoms with Gasteiger partial charge >= 0.3 is 0 Å². The fraction of sp³-hybridized carbons (Fsp3) is 0.647. The predicted octanol–water partition coefficient (Wildman–Crippen LogP) is 3.68. The molecule has 0 bridgehead atoms. The Labute approximate surface area is 122 Å². The third-order valence-corrected chi connectivity index (χ3v) is 4.12. The number of anilines is 1. The van der Waals surface area contributed by atoms with E-state index in [4.69, 9.17) is 0 Å². The van der Waals surface area contributed by atoms with E-state index in [9.17, 15) is 4.39 Å². The molecule has 1 aromatic rings. The third kappa shape index (κ3) is 3.95. The number of nitrogens with zero attached hydrogens (tertiary/aromatic N) is 1. The standard InChI is InChI=1S/C17H27FN2/c1-4-14-9-15(19-10-13(2)3)12-20(11-14)17-8-6-5-7-16(17)18/h5-8,13-15,19H,4,9-12H2,1-3H3. The van der Waals surface area contributed by atoms with E-state index in [2.05, 4.69) is 31.0 Å². The van der Waals surface area contributed by atoms with Crippen LogP contribution in [0.25, 0.3) is 0 Å². The molecular formula is C17H27FN2. The zero-order chi connectivity index (χ0) is 14.5. The average Bonchev–Trinajstić information content (AvgIpc) is 2.45. The Bertz CT molecular complexity index is 419. The Morgan fingerprint density at radius 1 is 1.30 bits per heavy atom. The molecule has 1 fully saturated rings. The summed E-state index contributed by atoms with van der Waals surface area (Å²) in [4.78, 5) is 2.21. The van der Waals surface area contributed by atoms with Crippen molar-refractivity contribution in [3.63, 3.8) is 0 Å². The quantitative estimate of drug-likeness (QED) is 0.884. The van der Waals surface area contributed by atoms with Gasteiger partial charge in [-0.15, -0.1) is 0 Å². The highest BCUT2D eigenvalue weighted by molar-refractivity contribution is 5.48. The van der Waals surface area contributed by atoms with Crippen LogP contribution < -0.4 is 10.2 Å². The highest BCUT2D eigenvalue weighted by atomic mass is 19.1. The molecule has 1 aromatic carbocycles. The maximum absolute atomic E-state index is 14.0. The second-order valence-corrected chi connectivity index (χ2v) is 6.37. The molecule has 1 saturated heterocycles. The average molecular weight is 278 g/mol. The van der Waals surface area contributed by atoms with E-state index in [1.165, 1.54) is 6.42 Å². The molecule has 0 aromatic heterocycles. The van der Waals surface area contributed by atoms with Crippen LogP contribution in [0.4, 0.5) is 10.1 Å². The minimum atomic E-state index is -0.105. The van der Waals surface area contributed by atoms with Crippen LogP contribution in [-0.4, -0.2) is 25.7 Å².